The molecule has 0 amide bonds. The molecule has 1 aliphatic heterocycles. The predicted octanol–water partition coefficient (Wildman–Crippen LogP) is 7.81. The van der Waals surface area contributed by atoms with Gasteiger partial charge in [0.15, 0.2) is 0 Å². The quantitative estimate of drug-likeness (QED) is 0.189. The van der Waals surface area contributed by atoms with E-state index in [1.807, 2.05) is 0 Å². The van der Waals surface area contributed by atoms with Gasteiger partial charge in [0.2, 0.25) is 0 Å². The van der Waals surface area contributed by atoms with E-state index >= 15 is 0 Å². The van der Waals surface area contributed by atoms with E-state index in [4.69, 9.17) is 4.74 Å². The second kappa shape index (κ2) is 8.49. The zero-order valence-electron chi connectivity index (χ0n) is 17.2. The van der Waals surface area contributed by atoms with E-state index in [-0.39, 0.29) is 0 Å². The number of nitrogens with zero attached hydrogens (tertiary/aromatic N) is 1. The summed E-state index contributed by atoms with van der Waals surface area (Å²) in [5.41, 5.74) is 5.90. The number of nitrogens with one attached hydrogen (secondary N) is 1. The molecule has 4 aromatic rings. The number of rotatable bonds is 7. The molecule has 0 fully saturated rings. The van der Waals surface area contributed by atoms with Crippen molar-refractivity contribution in [2.45, 2.75) is 37.5 Å². The number of hydrogen-bond acceptors (Lipinski definition) is 4. The van der Waals surface area contributed by atoms with Gasteiger partial charge >= 0.3 is 0 Å². The Morgan fingerprint density at radius 3 is 2.07 bits per heavy atom. The van der Waals surface area contributed by atoms with E-state index in [2.05, 4.69) is 89.6 Å². The van der Waals surface area contributed by atoms with Crippen LogP contribution in [0.4, 0.5) is 11.4 Å². The summed E-state index contributed by atoms with van der Waals surface area (Å²) in [6, 6.07) is 25.6. The van der Waals surface area contributed by atoms with Crippen molar-refractivity contribution in [3.8, 4) is 5.75 Å². The number of hydrogen-bond donors (Lipinski definition) is 1. The molecule has 0 bridgehead atoms. The molecule has 1 heterocycles. The van der Waals surface area contributed by atoms with Crippen LogP contribution in [0, 0.1) is 0 Å². The van der Waals surface area contributed by atoms with Crippen LogP contribution in [0.3, 0.4) is 0 Å². The van der Waals surface area contributed by atoms with Crippen molar-refractivity contribution >= 4 is 44.9 Å². The van der Waals surface area contributed by atoms with Crippen molar-refractivity contribution in [3.63, 3.8) is 0 Å². The van der Waals surface area contributed by atoms with Crippen LogP contribution in [0.25, 0.3) is 21.5 Å². The molecular weight excluding hydrogens is 388 g/mol. The van der Waals surface area contributed by atoms with Gasteiger partial charge in [0, 0.05) is 33.5 Å². The molecule has 0 radical (unpaired) electrons. The molecule has 4 aromatic carbocycles. The van der Waals surface area contributed by atoms with E-state index < -0.39 is 0 Å². The monoisotopic (exact) mass is 414 g/mol. The summed E-state index contributed by atoms with van der Waals surface area (Å²) in [6.07, 6.45) is 4.82. The van der Waals surface area contributed by atoms with Crippen molar-refractivity contribution in [2.24, 2.45) is 0 Å². The van der Waals surface area contributed by atoms with Crippen molar-refractivity contribution in [2.75, 3.05) is 16.4 Å². The third kappa shape index (κ3) is 3.46. The van der Waals surface area contributed by atoms with Gasteiger partial charge in [-0.15, -0.1) is 0 Å². The Kier molecular flexibility index (Phi) is 5.41. The van der Waals surface area contributed by atoms with E-state index in [1.54, 1.807) is 11.9 Å². The highest BCUT2D eigenvalue weighted by atomic mass is 32.2. The van der Waals surface area contributed by atoms with Gasteiger partial charge in [-0.2, -0.15) is 0 Å². The normalized spacial score (nSPS) is 12.9. The minimum absolute atomic E-state index is 0.759. The largest absolute Gasteiger partial charge is 0.492 e. The maximum atomic E-state index is 6.41. The lowest BCUT2D eigenvalue weighted by Crippen LogP contribution is -2.17. The number of para-hydroxylation sites is 1. The SMILES string of the molecule is CCCCCCOc1c2ccccc2c(N2Nc3ccccc3S2)c2ccccc12. The van der Waals surface area contributed by atoms with E-state index in [0.29, 0.717) is 0 Å². The van der Waals surface area contributed by atoms with Crippen molar-refractivity contribution in [3.05, 3.63) is 72.8 Å². The zero-order chi connectivity index (χ0) is 20.3. The zero-order valence-corrected chi connectivity index (χ0v) is 18.0. The molecule has 1 N–H and O–H groups in total. The summed E-state index contributed by atoms with van der Waals surface area (Å²) in [5.74, 6) is 1.00. The first-order valence-corrected chi connectivity index (χ1v) is 11.5. The molecule has 0 unspecified atom stereocenters. The standard InChI is InChI=1S/C26H26N2OS/c1-2-3-4-11-18-29-26-21-14-7-5-12-19(21)25(20-13-6-8-15-22(20)26)28-27-23-16-9-10-17-24(23)30-28/h5-10,12-17,27H,2-4,11,18H2,1H3. The van der Waals surface area contributed by atoms with Gasteiger partial charge in [-0.05, 0) is 18.6 Å². The highest BCUT2D eigenvalue weighted by Crippen LogP contribution is 2.48. The average Bonchev–Trinajstić information content (AvgIpc) is 3.22. The van der Waals surface area contributed by atoms with Crippen LogP contribution in [0.1, 0.15) is 32.6 Å². The van der Waals surface area contributed by atoms with Gasteiger partial charge in [0.05, 0.1) is 22.9 Å². The first-order chi connectivity index (χ1) is 14.9. The molecule has 152 valence electrons. The van der Waals surface area contributed by atoms with Gasteiger partial charge in [-0.1, -0.05) is 86.8 Å². The summed E-state index contributed by atoms with van der Waals surface area (Å²) in [6.45, 7) is 3.00. The molecule has 4 heteroatoms. The molecule has 5 rings (SSSR count). The fraction of sp³-hybridized carbons (Fsp3) is 0.231. The van der Waals surface area contributed by atoms with Crippen LogP contribution in [-0.2, 0) is 0 Å². The summed E-state index contributed by atoms with van der Waals surface area (Å²) in [4.78, 5) is 1.24. The molecular formula is C26H26N2OS. The molecule has 0 saturated carbocycles. The van der Waals surface area contributed by atoms with Crippen molar-refractivity contribution < 1.29 is 4.74 Å². The Morgan fingerprint density at radius 2 is 1.40 bits per heavy atom. The number of benzene rings is 4. The van der Waals surface area contributed by atoms with Crippen LogP contribution >= 0.6 is 11.9 Å². The van der Waals surface area contributed by atoms with Gasteiger partial charge in [0.1, 0.15) is 5.75 Å². The summed E-state index contributed by atoms with van der Waals surface area (Å²) < 4.78 is 8.61. The van der Waals surface area contributed by atoms with Crippen LogP contribution in [0.5, 0.6) is 5.75 Å². The number of unbranched alkanes of at least 4 members (excludes halogenated alkanes) is 3. The summed E-state index contributed by atoms with van der Waals surface area (Å²) in [7, 11) is 0. The van der Waals surface area contributed by atoms with E-state index in [1.165, 1.54) is 51.4 Å². The molecule has 0 aliphatic carbocycles. The topological polar surface area (TPSA) is 24.5 Å². The van der Waals surface area contributed by atoms with Crippen LogP contribution in [0.2, 0.25) is 0 Å². The lowest BCUT2D eigenvalue weighted by molar-refractivity contribution is 0.312. The minimum Gasteiger partial charge on any atom is -0.492 e. The second-order valence-electron chi connectivity index (χ2n) is 7.67. The van der Waals surface area contributed by atoms with Gasteiger partial charge < -0.3 is 4.74 Å². The second-order valence-corrected chi connectivity index (χ2v) is 8.66. The maximum absolute atomic E-state index is 6.41. The summed E-state index contributed by atoms with van der Waals surface area (Å²) >= 11 is 1.73. The molecule has 30 heavy (non-hydrogen) atoms. The molecule has 3 nitrogen and oxygen atoms in total. The fourth-order valence-corrected chi connectivity index (χ4v) is 5.09. The minimum atomic E-state index is 0.759. The molecule has 0 saturated heterocycles. The van der Waals surface area contributed by atoms with Crippen LogP contribution in [0.15, 0.2) is 77.7 Å². The molecule has 0 atom stereocenters. The Labute approximate surface area is 182 Å². The number of ether oxygens (including phenoxy) is 1. The predicted molar refractivity (Wildman–Crippen MR) is 129 cm³/mol. The summed E-state index contributed by atoms with van der Waals surface area (Å²) in [5, 5.41) is 4.74. The Hall–Kier alpha value is -2.85. The lowest BCUT2D eigenvalue weighted by Gasteiger charge is -2.23. The number of hydrazine groups is 1. The Bertz CT molecular complexity index is 1110. The van der Waals surface area contributed by atoms with Crippen LogP contribution < -0.4 is 14.6 Å². The van der Waals surface area contributed by atoms with Gasteiger partial charge in [-0.3, -0.25) is 5.43 Å². The molecule has 1 aliphatic rings. The number of fused-ring (bicyclic) bond motifs is 3. The highest BCUT2D eigenvalue weighted by Gasteiger charge is 2.25. The van der Waals surface area contributed by atoms with Gasteiger partial charge in [0.25, 0.3) is 0 Å². The Morgan fingerprint density at radius 1 is 0.767 bits per heavy atom. The smallest absolute Gasteiger partial charge is 0.135 e. The third-order valence-corrected chi connectivity index (χ3v) is 6.61. The molecule has 0 aromatic heterocycles. The first kappa shape index (κ1) is 19.1. The van der Waals surface area contributed by atoms with E-state index in [0.717, 1.165) is 24.5 Å². The van der Waals surface area contributed by atoms with Gasteiger partial charge in [-0.25, -0.2) is 4.41 Å². The van der Waals surface area contributed by atoms with Crippen molar-refractivity contribution in [1.82, 2.24) is 0 Å². The highest BCUT2D eigenvalue weighted by molar-refractivity contribution is 8.01. The maximum Gasteiger partial charge on any atom is 0.135 e. The first-order valence-electron chi connectivity index (χ1n) is 10.8. The fourth-order valence-electron chi connectivity index (χ4n) is 4.11. The molecule has 0 spiro atoms. The van der Waals surface area contributed by atoms with Crippen molar-refractivity contribution in [1.29, 1.82) is 0 Å². The van der Waals surface area contributed by atoms with E-state index in [9.17, 15) is 0 Å². The average molecular weight is 415 g/mol. The third-order valence-electron chi connectivity index (χ3n) is 5.60. The lowest BCUT2D eigenvalue weighted by atomic mass is 9.99. The van der Waals surface area contributed by atoms with Crippen LogP contribution in [-0.4, -0.2) is 6.61 Å². The Balaban J connectivity index is 1.61. The number of anilines is 2.